The third-order valence-corrected chi connectivity index (χ3v) is 3.54. The van der Waals surface area contributed by atoms with Gasteiger partial charge in [-0.2, -0.15) is 5.10 Å². The topological polar surface area (TPSA) is 59.8 Å². The number of nitrogens with zero attached hydrogens (tertiary/aromatic N) is 3. The number of aryl methyl sites for hydroxylation is 2. The van der Waals surface area contributed by atoms with Gasteiger partial charge in [0.1, 0.15) is 4.60 Å². The quantitative estimate of drug-likeness (QED) is 0.880. The van der Waals surface area contributed by atoms with Crippen LogP contribution in [0.1, 0.15) is 27.3 Å². The molecule has 1 N–H and O–H groups in total. The lowest BCUT2D eigenvalue weighted by Crippen LogP contribution is -2.23. The summed E-state index contributed by atoms with van der Waals surface area (Å²) in [6.07, 6.45) is 1.54. The van der Waals surface area contributed by atoms with Gasteiger partial charge in [-0.05, 0) is 41.9 Å². The Bertz CT molecular complexity index is 604. The van der Waals surface area contributed by atoms with E-state index < -0.39 is 0 Å². The third-order valence-electron chi connectivity index (χ3n) is 3.07. The average Bonchev–Trinajstić information content (AvgIpc) is 2.62. The minimum Gasteiger partial charge on any atom is -0.348 e. The minimum atomic E-state index is -0.136. The first-order valence-corrected chi connectivity index (χ1v) is 6.67. The molecular weight excluding hydrogens is 308 g/mol. The van der Waals surface area contributed by atoms with Gasteiger partial charge in [0.2, 0.25) is 0 Å². The van der Waals surface area contributed by atoms with E-state index >= 15 is 0 Å². The third kappa shape index (κ3) is 3.01. The number of amides is 1. The highest BCUT2D eigenvalue weighted by Gasteiger charge is 2.11. The van der Waals surface area contributed by atoms with Gasteiger partial charge < -0.3 is 5.32 Å². The van der Waals surface area contributed by atoms with E-state index in [9.17, 15) is 4.79 Å². The van der Waals surface area contributed by atoms with E-state index in [1.807, 2.05) is 25.6 Å². The smallest absolute Gasteiger partial charge is 0.253 e. The molecule has 2 rings (SSSR count). The molecule has 0 aromatic carbocycles. The molecule has 0 bridgehead atoms. The van der Waals surface area contributed by atoms with Crippen molar-refractivity contribution >= 4 is 21.8 Å². The molecular formula is C13H15BrN4O. The largest absolute Gasteiger partial charge is 0.348 e. The van der Waals surface area contributed by atoms with Crippen molar-refractivity contribution in [2.24, 2.45) is 7.05 Å². The van der Waals surface area contributed by atoms with E-state index in [2.05, 4.69) is 31.3 Å². The molecule has 0 unspecified atom stereocenters. The van der Waals surface area contributed by atoms with Gasteiger partial charge >= 0.3 is 0 Å². The molecule has 2 heterocycles. The van der Waals surface area contributed by atoms with Crippen LogP contribution in [0.4, 0.5) is 0 Å². The zero-order chi connectivity index (χ0) is 14.0. The summed E-state index contributed by atoms with van der Waals surface area (Å²) < 4.78 is 2.53. The number of carbonyl (C=O) groups excluding carboxylic acids is 1. The van der Waals surface area contributed by atoms with Crippen molar-refractivity contribution in [2.45, 2.75) is 20.4 Å². The number of rotatable bonds is 3. The molecule has 100 valence electrons. The summed E-state index contributed by atoms with van der Waals surface area (Å²) in [7, 11) is 1.90. The van der Waals surface area contributed by atoms with E-state index in [4.69, 9.17) is 0 Å². The highest BCUT2D eigenvalue weighted by Crippen LogP contribution is 2.12. The summed E-state index contributed by atoms with van der Waals surface area (Å²) >= 11 is 3.24. The van der Waals surface area contributed by atoms with Crippen LogP contribution < -0.4 is 5.32 Å². The van der Waals surface area contributed by atoms with Crippen LogP contribution in [0.2, 0.25) is 0 Å². The molecule has 0 fully saturated rings. The molecule has 2 aromatic rings. The molecule has 0 saturated heterocycles. The molecule has 2 aromatic heterocycles. The Morgan fingerprint density at radius 3 is 2.68 bits per heavy atom. The Morgan fingerprint density at radius 2 is 2.16 bits per heavy atom. The molecule has 0 radical (unpaired) electrons. The van der Waals surface area contributed by atoms with E-state index in [1.165, 1.54) is 0 Å². The van der Waals surface area contributed by atoms with Crippen LogP contribution in [0.15, 0.2) is 22.9 Å². The van der Waals surface area contributed by atoms with Crippen LogP contribution >= 0.6 is 15.9 Å². The van der Waals surface area contributed by atoms with E-state index in [0.717, 1.165) is 17.0 Å². The molecule has 0 aliphatic heterocycles. The highest BCUT2D eigenvalue weighted by molar-refractivity contribution is 9.10. The van der Waals surface area contributed by atoms with Crippen LogP contribution in [0, 0.1) is 13.8 Å². The van der Waals surface area contributed by atoms with Crippen molar-refractivity contribution < 1.29 is 4.79 Å². The first kappa shape index (κ1) is 13.7. The van der Waals surface area contributed by atoms with Gasteiger partial charge in [-0.1, -0.05) is 0 Å². The number of hydrogen-bond donors (Lipinski definition) is 1. The fraction of sp³-hybridized carbons (Fsp3) is 0.308. The van der Waals surface area contributed by atoms with Gasteiger partial charge in [0.15, 0.2) is 0 Å². The van der Waals surface area contributed by atoms with Gasteiger partial charge in [0, 0.05) is 31.0 Å². The second-order valence-electron chi connectivity index (χ2n) is 4.33. The molecule has 0 spiro atoms. The zero-order valence-electron chi connectivity index (χ0n) is 11.1. The van der Waals surface area contributed by atoms with Crippen molar-refractivity contribution in [3.63, 3.8) is 0 Å². The van der Waals surface area contributed by atoms with Gasteiger partial charge in [-0.3, -0.25) is 9.48 Å². The molecule has 5 nitrogen and oxygen atoms in total. The minimum absolute atomic E-state index is 0.136. The monoisotopic (exact) mass is 322 g/mol. The summed E-state index contributed by atoms with van der Waals surface area (Å²) in [4.78, 5) is 16.0. The van der Waals surface area contributed by atoms with Crippen molar-refractivity contribution in [1.82, 2.24) is 20.1 Å². The fourth-order valence-electron chi connectivity index (χ4n) is 1.85. The Morgan fingerprint density at radius 1 is 1.42 bits per heavy atom. The summed E-state index contributed by atoms with van der Waals surface area (Å²) in [6, 6.07) is 3.48. The van der Waals surface area contributed by atoms with Crippen LogP contribution in [0.3, 0.4) is 0 Å². The summed E-state index contributed by atoms with van der Waals surface area (Å²) in [6.45, 7) is 4.40. The number of aromatic nitrogens is 3. The van der Waals surface area contributed by atoms with Gasteiger partial charge in [-0.25, -0.2) is 4.98 Å². The van der Waals surface area contributed by atoms with Gasteiger partial charge in [-0.15, -0.1) is 0 Å². The second-order valence-corrected chi connectivity index (χ2v) is 5.14. The number of hydrogen-bond acceptors (Lipinski definition) is 3. The Labute approximate surface area is 120 Å². The SMILES string of the molecule is Cc1nn(C)c(C)c1CNC(=O)c1ccc(Br)nc1. The lowest BCUT2D eigenvalue weighted by Gasteiger charge is -2.05. The zero-order valence-corrected chi connectivity index (χ0v) is 12.7. The molecule has 1 amide bonds. The molecule has 19 heavy (non-hydrogen) atoms. The number of pyridine rings is 1. The predicted octanol–water partition coefficient (Wildman–Crippen LogP) is 2.12. The van der Waals surface area contributed by atoms with Gasteiger partial charge in [0.25, 0.3) is 5.91 Å². The lowest BCUT2D eigenvalue weighted by molar-refractivity contribution is 0.0950. The van der Waals surface area contributed by atoms with Crippen LogP contribution in [0.5, 0.6) is 0 Å². The number of nitrogens with one attached hydrogen (secondary N) is 1. The molecule has 0 atom stereocenters. The molecule has 0 aliphatic rings. The predicted molar refractivity (Wildman–Crippen MR) is 75.8 cm³/mol. The first-order chi connectivity index (χ1) is 8.99. The highest BCUT2D eigenvalue weighted by atomic mass is 79.9. The number of carbonyl (C=O) groups is 1. The fourth-order valence-corrected chi connectivity index (χ4v) is 2.09. The Hall–Kier alpha value is -1.69. The van der Waals surface area contributed by atoms with E-state index in [0.29, 0.717) is 16.7 Å². The molecule has 0 saturated carbocycles. The van der Waals surface area contributed by atoms with Crippen LogP contribution in [-0.2, 0) is 13.6 Å². The van der Waals surface area contributed by atoms with Crippen molar-refractivity contribution in [2.75, 3.05) is 0 Å². The molecule has 6 heteroatoms. The maximum Gasteiger partial charge on any atom is 0.253 e. The maximum absolute atomic E-state index is 12.0. The summed E-state index contributed by atoms with van der Waals surface area (Å²) in [5.74, 6) is -0.136. The summed E-state index contributed by atoms with van der Waals surface area (Å²) in [5.41, 5.74) is 3.60. The Balaban J connectivity index is 2.06. The van der Waals surface area contributed by atoms with Crippen LogP contribution in [0.25, 0.3) is 0 Å². The van der Waals surface area contributed by atoms with E-state index in [-0.39, 0.29) is 5.91 Å². The van der Waals surface area contributed by atoms with Crippen LogP contribution in [-0.4, -0.2) is 20.7 Å². The van der Waals surface area contributed by atoms with Gasteiger partial charge in [0.05, 0.1) is 11.3 Å². The second kappa shape index (κ2) is 5.52. The first-order valence-electron chi connectivity index (χ1n) is 5.88. The summed E-state index contributed by atoms with van der Waals surface area (Å²) in [5, 5.41) is 7.20. The van der Waals surface area contributed by atoms with Crippen molar-refractivity contribution in [1.29, 1.82) is 0 Å². The number of halogens is 1. The Kier molecular flexibility index (Phi) is 3.99. The molecule has 0 aliphatic carbocycles. The standard InChI is InChI=1S/C13H15BrN4O/c1-8-11(9(2)18(3)17-8)7-16-13(19)10-4-5-12(14)15-6-10/h4-6H,7H2,1-3H3,(H,16,19). The average molecular weight is 323 g/mol. The van der Waals surface area contributed by atoms with Crippen molar-refractivity contribution in [3.8, 4) is 0 Å². The maximum atomic E-state index is 12.0. The van der Waals surface area contributed by atoms with Crippen molar-refractivity contribution in [3.05, 3.63) is 45.4 Å². The normalized spacial score (nSPS) is 10.5. The van der Waals surface area contributed by atoms with E-state index in [1.54, 1.807) is 18.3 Å². The lowest BCUT2D eigenvalue weighted by atomic mass is 10.2.